The Balaban J connectivity index is 1.72. The SMILES string of the molecule is O=S1CCN(CCOc2ccc(OC(F)(F)F)cc2)CC1. The van der Waals surface area contributed by atoms with Crippen LogP contribution in [0.15, 0.2) is 24.3 Å². The third-order valence-electron chi connectivity index (χ3n) is 3.00. The Bertz CT molecular complexity index is 469. The molecule has 0 aliphatic carbocycles. The van der Waals surface area contributed by atoms with Crippen molar-refractivity contribution in [3.8, 4) is 11.5 Å². The number of alkyl halides is 3. The standard InChI is InChI=1S/C13H16F3NO3S/c14-13(15,16)20-12-3-1-11(2-4-12)19-8-5-17-6-9-21(18)10-7-17/h1-4H,5-10H2. The monoisotopic (exact) mass is 323 g/mol. The lowest BCUT2D eigenvalue weighted by Gasteiger charge is -2.25. The molecule has 1 heterocycles. The first kappa shape index (κ1) is 16.1. The van der Waals surface area contributed by atoms with Gasteiger partial charge >= 0.3 is 6.36 Å². The predicted molar refractivity (Wildman–Crippen MR) is 72.9 cm³/mol. The molecule has 0 unspecified atom stereocenters. The molecule has 1 saturated heterocycles. The van der Waals surface area contributed by atoms with Gasteiger partial charge < -0.3 is 9.47 Å². The Kier molecular flexibility index (Phi) is 5.46. The molecule has 0 atom stereocenters. The first-order chi connectivity index (χ1) is 9.92. The molecule has 0 amide bonds. The van der Waals surface area contributed by atoms with Crippen molar-refractivity contribution in [2.24, 2.45) is 0 Å². The maximum atomic E-state index is 12.0. The summed E-state index contributed by atoms with van der Waals surface area (Å²) in [5.74, 6) is 1.59. The van der Waals surface area contributed by atoms with Gasteiger partial charge in [-0.3, -0.25) is 9.11 Å². The largest absolute Gasteiger partial charge is 0.573 e. The van der Waals surface area contributed by atoms with E-state index in [9.17, 15) is 17.4 Å². The zero-order valence-electron chi connectivity index (χ0n) is 11.3. The lowest BCUT2D eigenvalue weighted by atomic mass is 10.3. The summed E-state index contributed by atoms with van der Waals surface area (Å²) in [6.45, 7) is 2.72. The molecule has 0 radical (unpaired) electrons. The van der Waals surface area contributed by atoms with Gasteiger partial charge in [-0.15, -0.1) is 13.2 Å². The van der Waals surface area contributed by atoms with Gasteiger partial charge in [0, 0.05) is 41.9 Å². The summed E-state index contributed by atoms with van der Waals surface area (Å²) in [5.41, 5.74) is 0. The van der Waals surface area contributed by atoms with Crippen LogP contribution in [-0.4, -0.2) is 53.2 Å². The highest BCUT2D eigenvalue weighted by atomic mass is 32.2. The summed E-state index contributed by atoms with van der Waals surface area (Å²) >= 11 is 0. The van der Waals surface area contributed by atoms with Crippen LogP contribution in [0.2, 0.25) is 0 Å². The molecule has 0 spiro atoms. The quantitative estimate of drug-likeness (QED) is 0.831. The number of ether oxygens (including phenoxy) is 2. The van der Waals surface area contributed by atoms with E-state index in [2.05, 4.69) is 9.64 Å². The van der Waals surface area contributed by atoms with E-state index in [-0.39, 0.29) is 5.75 Å². The van der Waals surface area contributed by atoms with Gasteiger partial charge in [-0.25, -0.2) is 0 Å². The van der Waals surface area contributed by atoms with E-state index >= 15 is 0 Å². The Morgan fingerprint density at radius 1 is 1.10 bits per heavy atom. The van der Waals surface area contributed by atoms with E-state index in [0.717, 1.165) is 13.1 Å². The minimum atomic E-state index is -4.68. The molecule has 21 heavy (non-hydrogen) atoms. The average Bonchev–Trinajstić information content (AvgIpc) is 2.41. The maximum absolute atomic E-state index is 12.0. The molecule has 0 saturated carbocycles. The van der Waals surface area contributed by atoms with Gasteiger partial charge in [0.2, 0.25) is 0 Å². The molecular formula is C13H16F3NO3S. The van der Waals surface area contributed by atoms with Crippen LogP contribution in [0.1, 0.15) is 0 Å². The number of hydrogen-bond acceptors (Lipinski definition) is 4. The van der Waals surface area contributed by atoms with Gasteiger partial charge in [0.05, 0.1) is 0 Å². The van der Waals surface area contributed by atoms with Crippen molar-refractivity contribution >= 4 is 10.8 Å². The van der Waals surface area contributed by atoms with Crippen LogP contribution >= 0.6 is 0 Å². The first-order valence-corrected chi connectivity index (χ1v) is 7.97. The van der Waals surface area contributed by atoms with Gasteiger partial charge in [0.25, 0.3) is 0 Å². The Labute approximate surface area is 123 Å². The maximum Gasteiger partial charge on any atom is 0.573 e. The third kappa shape index (κ3) is 5.92. The average molecular weight is 323 g/mol. The van der Waals surface area contributed by atoms with Gasteiger partial charge in [-0.1, -0.05) is 0 Å². The summed E-state index contributed by atoms with van der Waals surface area (Å²) in [4.78, 5) is 2.16. The molecule has 1 aliphatic heterocycles. The smallest absolute Gasteiger partial charge is 0.492 e. The number of rotatable bonds is 5. The van der Waals surface area contributed by atoms with Gasteiger partial charge in [0.1, 0.15) is 18.1 Å². The second kappa shape index (κ2) is 7.13. The molecule has 1 fully saturated rings. The second-order valence-corrected chi connectivity index (χ2v) is 6.25. The van der Waals surface area contributed by atoms with Crippen LogP contribution in [0.4, 0.5) is 13.2 Å². The fourth-order valence-corrected chi connectivity index (χ4v) is 3.06. The fraction of sp³-hybridized carbons (Fsp3) is 0.538. The van der Waals surface area contributed by atoms with Crippen molar-refractivity contribution in [2.45, 2.75) is 6.36 Å². The summed E-state index contributed by atoms with van der Waals surface area (Å²) in [5, 5.41) is 0. The highest BCUT2D eigenvalue weighted by molar-refractivity contribution is 7.85. The fourth-order valence-electron chi connectivity index (χ4n) is 1.93. The molecule has 2 rings (SSSR count). The number of hydrogen-bond donors (Lipinski definition) is 0. The molecule has 1 aromatic carbocycles. The lowest BCUT2D eigenvalue weighted by molar-refractivity contribution is -0.274. The highest BCUT2D eigenvalue weighted by Crippen LogP contribution is 2.24. The zero-order chi connectivity index (χ0) is 15.3. The number of halogens is 3. The summed E-state index contributed by atoms with van der Waals surface area (Å²) < 4.78 is 56.4. The third-order valence-corrected chi connectivity index (χ3v) is 4.28. The minimum absolute atomic E-state index is 0.270. The molecule has 8 heteroatoms. The molecule has 1 aliphatic rings. The molecule has 0 N–H and O–H groups in total. The summed E-state index contributed by atoms with van der Waals surface area (Å²) in [7, 11) is -0.702. The van der Waals surface area contributed by atoms with Crippen LogP contribution in [0.5, 0.6) is 11.5 Å². The molecule has 118 valence electrons. The van der Waals surface area contributed by atoms with E-state index in [4.69, 9.17) is 4.74 Å². The topological polar surface area (TPSA) is 38.8 Å². The van der Waals surface area contributed by atoms with Crippen molar-refractivity contribution < 1.29 is 26.9 Å². The van der Waals surface area contributed by atoms with Crippen molar-refractivity contribution in [1.82, 2.24) is 4.90 Å². The van der Waals surface area contributed by atoms with E-state index in [1.807, 2.05) is 0 Å². The summed E-state index contributed by atoms with van der Waals surface area (Å²) in [6, 6.07) is 5.30. The van der Waals surface area contributed by atoms with Gasteiger partial charge in [-0.05, 0) is 24.3 Å². The molecule has 1 aromatic rings. The number of nitrogens with zero attached hydrogens (tertiary/aromatic N) is 1. The van der Waals surface area contributed by atoms with Crippen LogP contribution in [-0.2, 0) is 10.8 Å². The van der Waals surface area contributed by atoms with Crippen molar-refractivity contribution in [3.05, 3.63) is 24.3 Å². The van der Waals surface area contributed by atoms with E-state index in [1.54, 1.807) is 0 Å². The van der Waals surface area contributed by atoms with Crippen LogP contribution in [0, 0.1) is 0 Å². The van der Waals surface area contributed by atoms with E-state index in [0.29, 0.717) is 30.4 Å². The first-order valence-electron chi connectivity index (χ1n) is 6.48. The van der Waals surface area contributed by atoms with E-state index in [1.165, 1.54) is 24.3 Å². The minimum Gasteiger partial charge on any atom is -0.492 e. The second-order valence-electron chi connectivity index (χ2n) is 4.56. The van der Waals surface area contributed by atoms with Crippen molar-refractivity contribution in [1.29, 1.82) is 0 Å². The normalized spacial score (nSPS) is 17.7. The molecule has 0 bridgehead atoms. The number of benzene rings is 1. The van der Waals surface area contributed by atoms with Crippen LogP contribution in [0.3, 0.4) is 0 Å². The summed E-state index contributed by atoms with van der Waals surface area (Å²) in [6.07, 6.45) is -4.68. The predicted octanol–water partition coefficient (Wildman–Crippen LogP) is 2.03. The van der Waals surface area contributed by atoms with Gasteiger partial charge in [-0.2, -0.15) is 0 Å². The van der Waals surface area contributed by atoms with E-state index < -0.39 is 17.2 Å². The Morgan fingerprint density at radius 3 is 2.24 bits per heavy atom. The van der Waals surface area contributed by atoms with Crippen LogP contribution in [0.25, 0.3) is 0 Å². The Hall–Kier alpha value is -1.28. The van der Waals surface area contributed by atoms with Crippen LogP contribution < -0.4 is 9.47 Å². The zero-order valence-corrected chi connectivity index (χ0v) is 12.1. The van der Waals surface area contributed by atoms with Crippen molar-refractivity contribution in [3.63, 3.8) is 0 Å². The molecule has 0 aromatic heterocycles. The molecule has 4 nitrogen and oxygen atoms in total. The van der Waals surface area contributed by atoms with Crippen molar-refractivity contribution in [2.75, 3.05) is 37.7 Å². The lowest BCUT2D eigenvalue weighted by Crippen LogP contribution is -2.39. The highest BCUT2D eigenvalue weighted by Gasteiger charge is 2.30. The van der Waals surface area contributed by atoms with Gasteiger partial charge in [0.15, 0.2) is 0 Å². The molecular weight excluding hydrogens is 307 g/mol. The Morgan fingerprint density at radius 2 is 1.67 bits per heavy atom.